The highest BCUT2D eigenvalue weighted by Crippen LogP contribution is 2.17. The molecule has 0 spiro atoms. The van der Waals surface area contributed by atoms with Crippen molar-refractivity contribution in [3.05, 3.63) is 24.3 Å². The van der Waals surface area contributed by atoms with Gasteiger partial charge in [0.05, 0.1) is 7.11 Å². The maximum absolute atomic E-state index is 5.77. The Morgan fingerprint density at radius 2 is 1.89 bits per heavy atom. The van der Waals surface area contributed by atoms with Crippen LogP contribution < -0.4 is 14.8 Å². The van der Waals surface area contributed by atoms with Crippen molar-refractivity contribution in [1.29, 1.82) is 0 Å². The number of benzene rings is 1. The Labute approximate surface area is 115 Å². The van der Waals surface area contributed by atoms with Crippen LogP contribution in [-0.4, -0.2) is 50.3 Å². The maximum Gasteiger partial charge on any atom is 0.119 e. The summed E-state index contributed by atoms with van der Waals surface area (Å²) in [5.74, 6) is 1.76. The van der Waals surface area contributed by atoms with Crippen molar-refractivity contribution in [2.75, 3.05) is 33.4 Å². The van der Waals surface area contributed by atoms with Gasteiger partial charge in [-0.25, -0.2) is 0 Å². The van der Waals surface area contributed by atoms with Crippen LogP contribution in [0.25, 0.3) is 0 Å². The molecule has 2 unspecified atom stereocenters. The zero-order valence-corrected chi connectivity index (χ0v) is 12.1. The van der Waals surface area contributed by atoms with E-state index >= 15 is 0 Å². The highest BCUT2D eigenvalue weighted by Gasteiger charge is 2.21. The number of hydrogen-bond acceptors (Lipinski definition) is 4. The summed E-state index contributed by atoms with van der Waals surface area (Å²) in [6.07, 6.45) is 0. The normalized spacial score (nSPS) is 24.2. The quantitative estimate of drug-likeness (QED) is 0.878. The molecule has 4 nitrogen and oxygen atoms in total. The summed E-state index contributed by atoms with van der Waals surface area (Å²) >= 11 is 0. The average Bonchev–Trinajstić information content (AvgIpc) is 2.43. The molecule has 2 rings (SSSR count). The average molecular weight is 264 g/mol. The molecular weight excluding hydrogens is 240 g/mol. The standard InChI is InChI=1S/C15H24N2O2/c1-12-11-17(13(2)10-16-12)8-9-19-15-6-4-14(18-3)5-7-15/h4-7,12-13,16H,8-11H2,1-3H3. The first-order valence-electron chi connectivity index (χ1n) is 6.93. The van der Waals surface area contributed by atoms with E-state index in [1.807, 2.05) is 24.3 Å². The van der Waals surface area contributed by atoms with Gasteiger partial charge in [0.25, 0.3) is 0 Å². The van der Waals surface area contributed by atoms with Crippen LogP contribution in [0.5, 0.6) is 11.5 Å². The number of nitrogens with one attached hydrogen (secondary N) is 1. The lowest BCUT2D eigenvalue weighted by Crippen LogP contribution is -2.55. The lowest BCUT2D eigenvalue weighted by atomic mass is 10.1. The van der Waals surface area contributed by atoms with Crippen LogP contribution in [0.4, 0.5) is 0 Å². The molecular formula is C15H24N2O2. The number of rotatable bonds is 5. The predicted octanol–water partition coefficient (Wildman–Crippen LogP) is 1.76. The summed E-state index contributed by atoms with van der Waals surface area (Å²) in [6.45, 7) is 8.33. The van der Waals surface area contributed by atoms with E-state index in [4.69, 9.17) is 9.47 Å². The third-order valence-corrected chi connectivity index (χ3v) is 3.60. The second kappa shape index (κ2) is 6.78. The van der Waals surface area contributed by atoms with E-state index in [1.165, 1.54) is 0 Å². The Morgan fingerprint density at radius 3 is 2.58 bits per heavy atom. The fourth-order valence-corrected chi connectivity index (χ4v) is 2.36. The van der Waals surface area contributed by atoms with Gasteiger partial charge in [0.15, 0.2) is 0 Å². The molecule has 0 aromatic heterocycles. The van der Waals surface area contributed by atoms with Crippen molar-refractivity contribution >= 4 is 0 Å². The Bertz CT molecular complexity index is 380. The smallest absolute Gasteiger partial charge is 0.119 e. The molecule has 2 atom stereocenters. The van der Waals surface area contributed by atoms with E-state index in [0.29, 0.717) is 12.1 Å². The van der Waals surface area contributed by atoms with Gasteiger partial charge in [0.1, 0.15) is 18.1 Å². The molecule has 0 saturated carbocycles. The number of nitrogens with zero attached hydrogens (tertiary/aromatic N) is 1. The van der Waals surface area contributed by atoms with Gasteiger partial charge in [-0.05, 0) is 38.1 Å². The van der Waals surface area contributed by atoms with E-state index < -0.39 is 0 Å². The zero-order chi connectivity index (χ0) is 13.7. The summed E-state index contributed by atoms with van der Waals surface area (Å²) in [5.41, 5.74) is 0. The lowest BCUT2D eigenvalue weighted by Gasteiger charge is -2.37. The minimum Gasteiger partial charge on any atom is -0.497 e. The first-order valence-corrected chi connectivity index (χ1v) is 6.93. The van der Waals surface area contributed by atoms with Crippen LogP contribution in [-0.2, 0) is 0 Å². The van der Waals surface area contributed by atoms with Crippen molar-refractivity contribution in [3.8, 4) is 11.5 Å². The summed E-state index contributed by atoms with van der Waals surface area (Å²) in [7, 11) is 1.67. The van der Waals surface area contributed by atoms with Gasteiger partial charge in [-0.3, -0.25) is 4.90 Å². The van der Waals surface area contributed by atoms with Crippen LogP contribution in [0.2, 0.25) is 0 Å². The van der Waals surface area contributed by atoms with Gasteiger partial charge in [-0.2, -0.15) is 0 Å². The molecule has 1 heterocycles. The highest BCUT2D eigenvalue weighted by molar-refractivity contribution is 5.31. The Balaban J connectivity index is 1.75. The van der Waals surface area contributed by atoms with E-state index in [0.717, 1.165) is 37.7 Å². The molecule has 1 N–H and O–H groups in total. The minimum absolute atomic E-state index is 0.567. The molecule has 1 aromatic carbocycles. The van der Waals surface area contributed by atoms with E-state index in [2.05, 4.69) is 24.1 Å². The first kappa shape index (κ1) is 14.2. The van der Waals surface area contributed by atoms with Crippen molar-refractivity contribution in [3.63, 3.8) is 0 Å². The third-order valence-electron chi connectivity index (χ3n) is 3.60. The van der Waals surface area contributed by atoms with Crippen molar-refractivity contribution < 1.29 is 9.47 Å². The molecule has 106 valence electrons. The summed E-state index contributed by atoms with van der Waals surface area (Å²) < 4.78 is 10.9. The van der Waals surface area contributed by atoms with E-state index in [-0.39, 0.29) is 0 Å². The monoisotopic (exact) mass is 264 g/mol. The van der Waals surface area contributed by atoms with Gasteiger partial charge < -0.3 is 14.8 Å². The van der Waals surface area contributed by atoms with Gasteiger partial charge in [-0.1, -0.05) is 0 Å². The van der Waals surface area contributed by atoms with Crippen LogP contribution in [0.1, 0.15) is 13.8 Å². The predicted molar refractivity (Wildman–Crippen MR) is 77.0 cm³/mol. The van der Waals surface area contributed by atoms with Crippen LogP contribution in [0.15, 0.2) is 24.3 Å². The Kier molecular flexibility index (Phi) is 5.05. The minimum atomic E-state index is 0.567. The van der Waals surface area contributed by atoms with Crippen molar-refractivity contribution in [2.24, 2.45) is 0 Å². The summed E-state index contributed by atoms with van der Waals surface area (Å²) in [6, 6.07) is 8.88. The largest absolute Gasteiger partial charge is 0.497 e. The molecule has 19 heavy (non-hydrogen) atoms. The van der Waals surface area contributed by atoms with E-state index in [9.17, 15) is 0 Å². The van der Waals surface area contributed by atoms with Gasteiger partial charge in [0.2, 0.25) is 0 Å². The van der Waals surface area contributed by atoms with Crippen LogP contribution in [0.3, 0.4) is 0 Å². The number of methoxy groups -OCH3 is 1. The molecule has 1 aliphatic rings. The molecule has 0 radical (unpaired) electrons. The van der Waals surface area contributed by atoms with Crippen LogP contribution in [0, 0.1) is 0 Å². The summed E-state index contributed by atoms with van der Waals surface area (Å²) in [4.78, 5) is 2.48. The molecule has 1 fully saturated rings. The molecule has 1 saturated heterocycles. The van der Waals surface area contributed by atoms with Gasteiger partial charge in [0, 0.05) is 31.7 Å². The number of ether oxygens (including phenoxy) is 2. The van der Waals surface area contributed by atoms with E-state index in [1.54, 1.807) is 7.11 Å². The Morgan fingerprint density at radius 1 is 1.21 bits per heavy atom. The molecule has 0 aliphatic carbocycles. The zero-order valence-electron chi connectivity index (χ0n) is 12.1. The number of piperazine rings is 1. The van der Waals surface area contributed by atoms with Crippen molar-refractivity contribution in [2.45, 2.75) is 25.9 Å². The third kappa shape index (κ3) is 4.11. The SMILES string of the molecule is COc1ccc(OCCN2CC(C)NCC2C)cc1. The number of hydrogen-bond donors (Lipinski definition) is 1. The molecule has 4 heteroatoms. The molecule has 1 aromatic rings. The second-order valence-corrected chi connectivity index (χ2v) is 5.18. The maximum atomic E-state index is 5.77. The van der Waals surface area contributed by atoms with Crippen molar-refractivity contribution in [1.82, 2.24) is 10.2 Å². The second-order valence-electron chi connectivity index (χ2n) is 5.18. The fraction of sp³-hybridized carbons (Fsp3) is 0.600. The molecule has 1 aliphatic heterocycles. The lowest BCUT2D eigenvalue weighted by molar-refractivity contribution is 0.123. The van der Waals surface area contributed by atoms with Crippen LogP contribution >= 0.6 is 0 Å². The van der Waals surface area contributed by atoms with Gasteiger partial charge >= 0.3 is 0 Å². The summed E-state index contributed by atoms with van der Waals surface area (Å²) in [5, 5.41) is 3.49. The highest BCUT2D eigenvalue weighted by atomic mass is 16.5. The Hall–Kier alpha value is -1.26. The van der Waals surface area contributed by atoms with Gasteiger partial charge in [-0.15, -0.1) is 0 Å². The fourth-order valence-electron chi connectivity index (χ4n) is 2.36. The topological polar surface area (TPSA) is 33.7 Å². The molecule has 0 amide bonds. The first-order chi connectivity index (χ1) is 9.19. The molecule has 0 bridgehead atoms.